The van der Waals surface area contributed by atoms with Crippen molar-refractivity contribution in [3.8, 4) is 0 Å². The van der Waals surface area contributed by atoms with E-state index in [1.807, 2.05) is 6.07 Å². The lowest BCUT2D eigenvalue weighted by atomic mass is 9.98. The van der Waals surface area contributed by atoms with E-state index in [1.165, 1.54) is 4.90 Å². The molecule has 2 rings (SSSR count). The summed E-state index contributed by atoms with van der Waals surface area (Å²) >= 11 is 0. The first-order chi connectivity index (χ1) is 9.38. The first kappa shape index (κ1) is 15.0. The van der Waals surface area contributed by atoms with Crippen molar-refractivity contribution in [3.05, 3.63) is 35.9 Å². The Morgan fingerprint density at radius 3 is 2.50 bits per heavy atom. The Bertz CT molecular complexity index is 584. The summed E-state index contributed by atoms with van der Waals surface area (Å²) in [6.45, 7) is 1.72. The zero-order valence-corrected chi connectivity index (χ0v) is 12.3. The number of hydrogen-bond donors (Lipinski definition) is 1. The van der Waals surface area contributed by atoms with E-state index in [-0.39, 0.29) is 30.6 Å². The van der Waals surface area contributed by atoms with E-state index in [4.69, 9.17) is 0 Å². The summed E-state index contributed by atoms with van der Waals surface area (Å²) < 4.78 is 23.4. The summed E-state index contributed by atoms with van der Waals surface area (Å²) in [6.07, 6.45) is 0.411. The van der Waals surface area contributed by atoms with Crippen LogP contribution in [-0.2, 0) is 9.84 Å². The van der Waals surface area contributed by atoms with Gasteiger partial charge in [-0.1, -0.05) is 18.2 Å². The molecular weight excluding hydrogens is 278 g/mol. The maximum atomic E-state index is 12.6. The van der Waals surface area contributed by atoms with Crippen LogP contribution < -0.4 is 0 Å². The van der Waals surface area contributed by atoms with E-state index in [0.29, 0.717) is 12.0 Å². The zero-order valence-electron chi connectivity index (χ0n) is 11.4. The highest BCUT2D eigenvalue weighted by molar-refractivity contribution is 7.91. The highest BCUT2D eigenvalue weighted by Gasteiger charge is 2.44. The summed E-state index contributed by atoms with van der Waals surface area (Å²) in [4.78, 5) is 14.1. The smallest absolute Gasteiger partial charge is 0.254 e. The molecule has 0 radical (unpaired) electrons. The van der Waals surface area contributed by atoms with E-state index in [2.05, 4.69) is 0 Å². The number of carbonyl (C=O) groups excluding carboxylic acids is 1. The lowest BCUT2D eigenvalue weighted by Gasteiger charge is -2.37. The number of benzene rings is 1. The van der Waals surface area contributed by atoms with Crippen LogP contribution in [0.15, 0.2) is 30.3 Å². The van der Waals surface area contributed by atoms with Crippen molar-refractivity contribution >= 4 is 15.7 Å². The van der Waals surface area contributed by atoms with Gasteiger partial charge in [-0.3, -0.25) is 4.79 Å². The second-order valence-corrected chi connectivity index (χ2v) is 7.57. The van der Waals surface area contributed by atoms with Gasteiger partial charge in [-0.15, -0.1) is 0 Å². The molecule has 1 amide bonds. The number of nitrogens with zero attached hydrogens (tertiary/aromatic N) is 1. The van der Waals surface area contributed by atoms with Crippen molar-refractivity contribution in [2.24, 2.45) is 0 Å². The molecule has 1 aromatic rings. The van der Waals surface area contributed by atoms with Gasteiger partial charge in [0.2, 0.25) is 0 Å². The number of rotatable bonds is 4. The average molecular weight is 297 g/mol. The molecule has 0 aromatic heterocycles. The summed E-state index contributed by atoms with van der Waals surface area (Å²) in [5.74, 6) is -0.189. The van der Waals surface area contributed by atoms with Crippen LogP contribution in [0.25, 0.3) is 0 Å². The Balaban J connectivity index is 2.30. The minimum Gasteiger partial charge on any atom is -0.395 e. The van der Waals surface area contributed by atoms with Crippen LogP contribution in [0.5, 0.6) is 0 Å². The summed E-state index contributed by atoms with van der Waals surface area (Å²) in [5.41, 5.74) is -0.236. The van der Waals surface area contributed by atoms with Gasteiger partial charge in [-0.05, 0) is 25.5 Å². The number of hydrogen-bond acceptors (Lipinski definition) is 4. The molecule has 1 unspecified atom stereocenters. The maximum Gasteiger partial charge on any atom is 0.254 e. The Hall–Kier alpha value is -1.40. The number of sulfone groups is 1. The Labute approximate surface area is 119 Å². The van der Waals surface area contributed by atoms with Crippen LogP contribution in [-0.4, -0.2) is 54.5 Å². The fourth-order valence-electron chi connectivity index (χ4n) is 2.66. The van der Waals surface area contributed by atoms with Crippen molar-refractivity contribution in [1.82, 2.24) is 4.90 Å². The highest BCUT2D eigenvalue weighted by atomic mass is 32.2. The van der Waals surface area contributed by atoms with Crippen molar-refractivity contribution in [2.75, 3.05) is 24.7 Å². The monoisotopic (exact) mass is 297 g/mol. The van der Waals surface area contributed by atoms with Crippen LogP contribution in [0, 0.1) is 0 Å². The van der Waals surface area contributed by atoms with E-state index in [0.717, 1.165) is 0 Å². The molecule has 1 atom stereocenters. The third-order valence-corrected chi connectivity index (χ3v) is 5.61. The lowest BCUT2D eigenvalue weighted by Crippen LogP contribution is -2.51. The van der Waals surface area contributed by atoms with Gasteiger partial charge < -0.3 is 10.0 Å². The fraction of sp³-hybridized carbons (Fsp3) is 0.500. The van der Waals surface area contributed by atoms with E-state index in [9.17, 15) is 18.3 Å². The van der Waals surface area contributed by atoms with E-state index >= 15 is 0 Å². The lowest BCUT2D eigenvalue weighted by molar-refractivity contribution is 0.0503. The Morgan fingerprint density at radius 2 is 2.00 bits per heavy atom. The standard InChI is InChI=1S/C14H19NO4S/c1-14(7-10-20(18,19)11-14)15(8-9-16)13(17)12-5-3-2-4-6-12/h2-6,16H,7-11H2,1H3. The third kappa shape index (κ3) is 3.02. The molecular formula is C14H19NO4S. The van der Waals surface area contributed by atoms with Crippen LogP contribution >= 0.6 is 0 Å². The Kier molecular flexibility index (Phi) is 4.15. The predicted molar refractivity (Wildman–Crippen MR) is 76.2 cm³/mol. The quantitative estimate of drug-likeness (QED) is 0.887. The number of aliphatic hydroxyl groups excluding tert-OH is 1. The minimum absolute atomic E-state index is 0.0431. The van der Waals surface area contributed by atoms with E-state index in [1.54, 1.807) is 31.2 Å². The van der Waals surface area contributed by atoms with Gasteiger partial charge in [0.15, 0.2) is 9.84 Å². The largest absolute Gasteiger partial charge is 0.395 e. The summed E-state index contributed by atoms with van der Waals surface area (Å²) in [5, 5.41) is 9.19. The maximum absolute atomic E-state index is 12.6. The third-order valence-electron chi connectivity index (χ3n) is 3.72. The molecule has 20 heavy (non-hydrogen) atoms. The molecule has 0 aliphatic carbocycles. The number of aliphatic hydroxyl groups is 1. The first-order valence-electron chi connectivity index (χ1n) is 6.56. The van der Waals surface area contributed by atoms with Gasteiger partial charge in [0.05, 0.1) is 23.7 Å². The van der Waals surface area contributed by atoms with Gasteiger partial charge in [-0.2, -0.15) is 0 Å². The van der Waals surface area contributed by atoms with Gasteiger partial charge >= 0.3 is 0 Å². The molecule has 110 valence electrons. The predicted octanol–water partition coefficient (Wildman–Crippen LogP) is 0.698. The number of β-amino-alcohol motifs (C(OH)–C–C–N with tert-alkyl or cyclic N) is 1. The molecule has 0 spiro atoms. The van der Waals surface area contributed by atoms with Crippen molar-refractivity contribution in [3.63, 3.8) is 0 Å². The van der Waals surface area contributed by atoms with Crippen molar-refractivity contribution in [2.45, 2.75) is 18.9 Å². The molecule has 1 aliphatic heterocycles. The molecule has 1 aromatic carbocycles. The molecule has 6 heteroatoms. The second kappa shape index (κ2) is 5.54. The molecule has 1 N–H and O–H groups in total. The van der Waals surface area contributed by atoms with Crippen LogP contribution in [0.4, 0.5) is 0 Å². The summed E-state index contributed by atoms with van der Waals surface area (Å²) in [6, 6.07) is 8.73. The number of carbonyl (C=O) groups is 1. The molecule has 1 aliphatic rings. The van der Waals surface area contributed by atoms with Gasteiger partial charge in [0.1, 0.15) is 0 Å². The minimum atomic E-state index is -3.11. The van der Waals surface area contributed by atoms with E-state index < -0.39 is 15.4 Å². The Morgan fingerprint density at radius 1 is 1.35 bits per heavy atom. The zero-order chi connectivity index (χ0) is 14.8. The average Bonchev–Trinajstić information content (AvgIpc) is 2.71. The SMILES string of the molecule is CC1(N(CCO)C(=O)c2ccccc2)CCS(=O)(=O)C1. The molecule has 1 fully saturated rings. The van der Waals surface area contributed by atoms with Gasteiger partial charge in [0.25, 0.3) is 5.91 Å². The van der Waals surface area contributed by atoms with Crippen LogP contribution in [0.2, 0.25) is 0 Å². The van der Waals surface area contributed by atoms with Crippen molar-refractivity contribution < 1.29 is 18.3 Å². The fourth-order valence-corrected chi connectivity index (χ4v) is 4.80. The molecule has 1 heterocycles. The highest BCUT2D eigenvalue weighted by Crippen LogP contribution is 2.30. The molecule has 5 nitrogen and oxygen atoms in total. The van der Waals surface area contributed by atoms with Gasteiger partial charge in [-0.25, -0.2) is 8.42 Å². The second-order valence-electron chi connectivity index (χ2n) is 5.39. The van der Waals surface area contributed by atoms with Crippen molar-refractivity contribution in [1.29, 1.82) is 0 Å². The normalized spacial score (nSPS) is 24.5. The van der Waals surface area contributed by atoms with Gasteiger partial charge in [0, 0.05) is 12.1 Å². The number of amides is 1. The molecule has 0 bridgehead atoms. The molecule has 0 saturated carbocycles. The topological polar surface area (TPSA) is 74.7 Å². The van der Waals surface area contributed by atoms with Crippen LogP contribution in [0.1, 0.15) is 23.7 Å². The first-order valence-corrected chi connectivity index (χ1v) is 8.38. The molecule has 1 saturated heterocycles. The van der Waals surface area contributed by atoms with Crippen LogP contribution in [0.3, 0.4) is 0 Å². The summed E-state index contributed by atoms with van der Waals surface area (Å²) in [7, 11) is -3.11.